The van der Waals surface area contributed by atoms with Crippen LogP contribution in [-0.2, 0) is 4.79 Å². The molecule has 0 heterocycles. The Hall–Kier alpha value is -1.93. The zero-order valence-corrected chi connectivity index (χ0v) is 21.8. The molecule has 3 aromatic carbocycles. The molecule has 5 nitrogen and oxygen atoms in total. The average Bonchev–Trinajstić information content (AvgIpc) is 3.37. The highest BCUT2D eigenvalue weighted by atomic mass is 35.5. The van der Waals surface area contributed by atoms with E-state index < -0.39 is 33.8 Å². The third-order valence-electron chi connectivity index (χ3n) is 5.44. The van der Waals surface area contributed by atoms with Gasteiger partial charge in [-0.2, -0.15) is 0 Å². The molecule has 35 heavy (non-hydrogen) atoms. The second-order valence-electron chi connectivity index (χ2n) is 7.80. The van der Waals surface area contributed by atoms with E-state index in [-0.39, 0.29) is 42.7 Å². The lowest BCUT2D eigenvalue weighted by atomic mass is 10.1. The molecule has 2 amide bonds. The van der Waals surface area contributed by atoms with Gasteiger partial charge in [0.25, 0.3) is 5.91 Å². The molecule has 1 aliphatic carbocycles. The van der Waals surface area contributed by atoms with Crippen molar-refractivity contribution in [2.24, 2.45) is 5.92 Å². The van der Waals surface area contributed by atoms with E-state index in [1.165, 1.54) is 30.3 Å². The first-order valence-corrected chi connectivity index (χ1v) is 12.2. The molecule has 1 saturated carbocycles. The fourth-order valence-electron chi connectivity index (χ4n) is 3.65. The number of alkyl halides is 2. The number of hydrogen-bond donors (Lipinski definition) is 3. The number of amides is 2. The fourth-order valence-corrected chi connectivity index (χ4v) is 5.29. The predicted molar refractivity (Wildman–Crippen MR) is 141 cm³/mol. The van der Waals surface area contributed by atoms with Crippen molar-refractivity contribution >= 4 is 98.5 Å². The molecule has 1 aliphatic rings. The van der Waals surface area contributed by atoms with Crippen LogP contribution >= 0.6 is 69.6 Å². The largest absolute Gasteiger partial charge is 0.397 e. The van der Waals surface area contributed by atoms with Crippen molar-refractivity contribution in [1.82, 2.24) is 0 Å². The molecule has 1 fully saturated rings. The van der Waals surface area contributed by atoms with Crippen LogP contribution in [0.25, 0.3) is 0 Å². The van der Waals surface area contributed by atoms with E-state index in [9.17, 15) is 14.0 Å². The molecule has 0 saturated heterocycles. The maximum absolute atomic E-state index is 13.5. The summed E-state index contributed by atoms with van der Waals surface area (Å²) in [6, 6.07) is 11.0. The molecule has 0 unspecified atom stereocenters. The first-order chi connectivity index (χ1) is 16.4. The zero-order chi connectivity index (χ0) is 25.7. The molecule has 3 aromatic rings. The molecular formula is C23H14Cl6FN3O2. The number of nitrogens with one attached hydrogen (secondary N) is 2. The molecule has 0 aliphatic heterocycles. The third-order valence-corrected chi connectivity index (χ3v) is 7.91. The van der Waals surface area contributed by atoms with Crippen molar-refractivity contribution in [1.29, 1.82) is 0 Å². The van der Waals surface area contributed by atoms with Crippen LogP contribution in [0.1, 0.15) is 21.8 Å². The summed E-state index contributed by atoms with van der Waals surface area (Å²) in [7, 11) is 0. The van der Waals surface area contributed by atoms with Gasteiger partial charge >= 0.3 is 0 Å². The van der Waals surface area contributed by atoms with E-state index >= 15 is 0 Å². The Morgan fingerprint density at radius 1 is 0.886 bits per heavy atom. The first-order valence-electron chi connectivity index (χ1n) is 9.89. The summed E-state index contributed by atoms with van der Waals surface area (Å²) in [4.78, 5) is 25.7. The number of carbonyl (C=O) groups excluding carboxylic acids is 2. The summed E-state index contributed by atoms with van der Waals surface area (Å²) < 4.78 is 12.1. The van der Waals surface area contributed by atoms with Crippen LogP contribution in [0.4, 0.5) is 21.5 Å². The monoisotopic (exact) mass is 593 g/mol. The maximum Gasteiger partial charge on any atom is 0.257 e. The highest BCUT2D eigenvalue weighted by molar-refractivity contribution is 6.54. The van der Waals surface area contributed by atoms with Crippen LogP contribution in [0.2, 0.25) is 20.1 Å². The first kappa shape index (κ1) is 26.1. The molecule has 4 rings (SSSR count). The van der Waals surface area contributed by atoms with Crippen LogP contribution < -0.4 is 16.4 Å². The van der Waals surface area contributed by atoms with Crippen molar-refractivity contribution < 1.29 is 14.0 Å². The number of anilines is 3. The fraction of sp³-hybridized carbons (Fsp3) is 0.130. The lowest BCUT2D eigenvalue weighted by molar-refractivity contribution is -0.117. The predicted octanol–water partition coefficient (Wildman–Crippen LogP) is 7.80. The second kappa shape index (κ2) is 9.85. The maximum atomic E-state index is 13.5. The van der Waals surface area contributed by atoms with Crippen LogP contribution in [0, 0.1) is 11.7 Å². The van der Waals surface area contributed by atoms with E-state index in [4.69, 9.17) is 75.3 Å². The normalized spacial score (nSPS) is 18.1. The summed E-state index contributed by atoms with van der Waals surface area (Å²) in [6.45, 7) is 0. The van der Waals surface area contributed by atoms with Gasteiger partial charge in [-0.3, -0.25) is 9.59 Å². The van der Waals surface area contributed by atoms with Gasteiger partial charge in [0.2, 0.25) is 5.91 Å². The SMILES string of the molecule is Nc1ccc(F)cc1NC(=O)c1cc(NC(=O)[C@H]2[C@H](c3cc(Cl)c(Cl)c(Cl)c3)C2(Cl)Cl)ccc1Cl. The average molecular weight is 596 g/mol. The Kier molecular flexibility index (Phi) is 7.36. The molecular weight excluding hydrogens is 582 g/mol. The number of hydrogen-bond acceptors (Lipinski definition) is 3. The van der Waals surface area contributed by atoms with Crippen LogP contribution in [0.15, 0.2) is 48.5 Å². The van der Waals surface area contributed by atoms with Gasteiger partial charge in [0.05, 0.1) is 42.9 Å². The Morgan fingerprint density at radius 3 is 2.20 bits per heavy atom. The molecule has 2 atom stereocenters. The molecule has 0 aromatic heterocycles. The standard InChI is InChI=1S/C23H14Cl6FN3O2/c24-13-3-2-11(8-12(13)21(34)33-17-7-10(30)1-4-16(17)31)32-22(35)19-18(23(19,28)29)9-5-14(25)20(27)15(26)6-9/h1-8,18-19H,31H2,(H,32,35)(H,33,34)/t18-,19+/m0/s1. The number of benzene rings is 3. The second-order valence-corrected chi connectivity index (χ2v) is 10.8. The van der Waals surface area contributed by atoms with Gasteiger partial charge in [0.1, 0.15) is 10.2 Å². The van der Waals surface area contributed by atoms with Gasteiger partial charge in [-0.05, 0) is 54.1 Å². The van der Waals surface area contributed by atoms with Crippen LogP contribution in [0.5, 0.6) is 0 Å². The van der Waals surface area contributed by atoms with Gasteiger partial charge in [-0.25, -0.2) is 4.39 Å². The van der Waals surface area contributed by atoms with E-state index in [2.05, 4.69) is 10.6 Å². The minimum atomic E-state index is -1.41. The topological polar surface area (TPSA) is 84.2 Å². The Bertz CT molecular complexity index is 1340. The molecule has 0 radical (unpaired) electrons. The lowest BCUT2D eigenvalue weighted by Crippen LogP contribution is -2.18. The summed E-state index contributed by atoms with van der Waals surface area (Å²) >= 11 is 37.2. The van der Waals surface area contributed by atoms with Crippen LogP contribution in [-0.4, -0.2) is 16.1 Å². The summed E-state index contributed by atoms with van der Waals surface area (Å²) in [6.07, 6.45) is 0. The third kappa shape index (κ3) is 5.29. The molecule has 12 heteroatoms. The van der Waals surface area contributed by atoms with E-state index in [0.717, 1.165) is 6.07 Å². The summed E-state index contributed by atoms with van der Waals surface area (Å²) in [5.41, 5.74) is 6.88. The Morgan fingerprint density at radius 2 is 1.54 bits per heavy atom. The summed E-state index contributed by atoms with van der Waals surface area (Å²) in [5.74, 6) is -3.15. The van der Waals surface area contributed by atoms with Crippen molar-refractivity contribution in [3.63, 3.8) is 0 Å². The Labute approximate surface area is 229 Å². The molecule has 4 N–H and O–H groups in total. The highest BCUT2D eigenvalue weighted by Gasteiger charge is 2.67. The van der Waals surface area contributed by atoms with Crippen molar-refractivity contribution in [3.8, 4) is 0 Å². The van der Waals surface area contributed by atoms with Crippen LogP contribution in [0.3, 0.4) is 0 Å². The minimum Gasteiger partial charge on any atom is -0.397 e. The van der Waals surface area contributed by atoms with Crippen molar-refractivity contribution in [2.45, 2.75) is 10.3 Å². The van der Waals surface area contributed by atoms with Gasteiger partial charge in [-0.1, -0.05) is 46.4 Å². The number of carbonyl (C=O) groups is 2. The molecule has 0 spiro atoms. The quantitative estimate of drug-likeness (QED) is 0.160. The van der Waals surface area contributed by atoms with Gasteiger partial charge in [0.15, 0.2) is 0 Å². The smallest absolute Gasteiger partial charge is 0.257 e. The molecule has 182 valence electrons. The zero-order valence-electron chi connectivity index (χ0n) is 17.3. The molecule has 0 bridgehead atoms. The summed E-state index contributed by atoms with van der Waals surface area (Å²) in [5, 5.41) is 5.88. The lowest BCUT2D eigenvalue weighted by Gasteiger charge is -2.11. The van der Waals surface area contributed by atoms with Gasteiger partial charge < -0.3 is 16.4 Å². The van der Waals surface area contributed by atoms with Crippen molar-refractivity contribution in [3.05, 3.63) is 85.6 Å². The van der Waals surface area contributed by atoms with Gasteiger partial charge in [0, 0.05) is 11.6 Å². The Balaban J connectivity index is 1.53. The minimum absolute atomic E-state index is 0.0275. The van der Waals surface area contributed by atoms with Crippen molar-refractivity contribution in [2.75, 3.05) is 16.4 Å². The van der Waals surface area contributed by atoms with E-state index in [0.29, 0.717) is 5.56 Å². The number of rotatable bonds is 5. The number of halogens is 7. The van der Waals surface area contributed by atoms with Gasteiger partial charge in [-0.15, -0.1) is 23.2 Å². The number of nitrogens with two attached hydrogens (primary N) is 1. The highest BCUT2D eigenvalue weighted by Crippen LogP contribution is 2.65. The van der Waals surface area contributed by atoms with E-state index in [1.54, 1.807) is 12.1 Å². The number of nitrogen functional groups attached to an aromatic ring is 1. The van der Waals surface area contributed by atoms with E-state index in [1.807, 2.05) is 0 Å².